The zero-order chi connectivity index (χ0) is 15.4. The lowest BCUT2D eigenvalue weighted by atomic mass is 10.0. The number of likely N-dealkylation sites (N-methyl/N-ethyl adjacent to an activating group) is 1. The molecular formula is C17H20Cl2N2. The molecule has 0 bridgehead atoms. The van der Waals surface area contributed by atoms with E-state index in [0.29, 0.717) is 6.54 Å². The second-order valence-corrected chi connectivity index (χ2v) is 6.15. The summed E-state index contributed by atoms with van der Waals surface area (Å²) in [7, 11) is 2.06. The van der Waals surface area contributed by atoms with Gasteiger partial charge in [0.15, 0.2) is 0 Å². The molecule has 2 N–H and O–H groups in total. The van der Waals surface area contributed by atoms with Gasteiger partial charge in [-0.05, 0) is 48.9 Å². The molecule has 0 aromatic heterocycles. The molecule has 2 aromatic rings. The molecule has 0 heterocycles. The first-order valence-corrected chi connectivity index (χ1v) is 7.67. The molecule has 4 heteroatoms. The van der Waals surface area contributed by atoms with E-state index in [2.05, 4.69) is 24.1 Å². The van der Waals surface area contributed by atoms with Crippen molar-refractivity contribution in [2.24, 2.45) is 5.73 Å². The Hall–Kier alpha value is -1.06. The fraction of sp³-hybridized carbons (Fsp3) is 0.294. The van der Waals surface area contributed by atoms with E-state index in [1.807, 2.05) is 37.3 Å². The molecule has 0 saturated heterocycles. The number of rotatable bonds is 5. The van der Waals surface area contributed by atoms with E-state index in [4.69, 9.17) is 28.9 Å². The number of aryl methyl sites for hydroxylation is 1. The topological polar surface area (TPSA) is 29.3 Å². The molecule has 0 spiro atoms. The molecule has 0 amide bonds. The van der Waals surface area contributed by atoms with Crippen LogP contribution in [0.15, 0.2) is 42.5 Å². The number of nitrogens with two attached hydrogens (primary N) is 1. The Morgan fingerprint density at radius 2 is 1.90 bits per heavy atom. The molecule has 1 unspecified atom stereocenters. The van der Waals surface area contributed by atoms with E-state index < -0.39 is 0 Å². The Balaban J connectivity index is 2.18. The summed E-state index contributed by atoms with van der Waals surface area (Å²) >= 11 is 12.3. The summed E-state index contributed by atoms with van der Waals surface area (Å²) in [5.74, 6) is 0. The van der Waals surface area contributed by atoms with Crippen LogP contribution in [0.4, 0.5) is 0 Å². The summed E-state index contributed by atoms with van der Waals surface area (Å²) in [5, 5.41) is 1.53. The van der Waals surface area contributed by atoms with Crippen LogP contribution in [0.25, 0.3) is 0 Å². The third-order valence-electron chi connectivity index (χ3n) is 3.66. The van der Waals surface area contributed by atoms with Crippen molar-refractivity contribution in [3.05, 3.63) is 69.2 Å². The Morgan fingerprint density at radius 1 is 1.14 bits per heavy atom. The van der Waals surface area contributed by atoms with Crippen molar-refractivity contribution in [1.82, 2.24) is 4.90 Å². The van der Waals surface area contributed by atoms with Gasteiger partial charge in [-0.3, -0.25) is 4.90 Å². The average molecular weight is 323 g/mol. The monoisotopic (exact) mass is 322 g/mol. The molecule has 112 valence electrons. The molecule has 2 aromatic carbocycles. The van der Waals surface area contributed by atoms with Crippen LogP contribution in [0.5, 0.6) is 0 Å². The van der Waals surface area contributed by atoms with E-state index in [9.17, 15) is 0 Å². The third kappa shape index (κ3) is 4.21. The summed E-state index contributed by atoms with van der Waals surface area (Å²) in [6, 6.07) is 14.1. The SMILES string of the molecule is Cc1ccc(C(CN)N(C)Cc2cccc(Cl)c2)cc1Cl. The minimum Gasteiger partial charge on any atom is -0.329 e. The van der Waals surface area contributed by atoms with Crippen molar-refractivity contribution in [3.63, 3.8) is 0 Å². The maximum Gasteiger partial charge on any atom is 0.0471 e. The summed E-state index contributed by atoms with van der Waals surface area (Å²) in [4.78, 5) is 2.21. The van der Waals surface area contributed by atoms with Crippen molar-refractivity contribution in [2.75, 3.05) is 13.6 Å². The minimum atomic E-state index is 0.127. The highest BCUT2D eigenvalue weighted by molar-refractivity contribution is 6.31. The summed E-state index contributed by atoms with van der Waals surface area (Å²) in [5.41, 5.74) is 9.35. The van der Waals surface area contributed by atoms with Crippen molar-refractivity contribution in [1.29, 1.82) is 0 Å². The molecule has 2 rings (SSSR count). The van der Waals surface area contributed by atoms with Gasteiger partial charge in [-0.1, -0.05) is 47.5 Å². The van der Waals surface area contributed by atoms with Gasteiger partial charge >= 0.3 is 0 Å². The number of benzene rings is 2. The van der Waals surface area contributed by atoms with Crippen molar-refractivity contribution in [2.45, 2.75) is 19.5 Å². The summed E-state index contributed by atoms with van der Waals surface area (Å²) in [6.07, 6.45) is 0. The molecule has 0 aliphatic heterocycles. The van der Waals surface area contributed by atoms with E-state index in [1.165, 1.54) is 5.56 Å². The second-order valence-electron chi connectivity index (χ2n) is 5.31. The van der Waals surface area contributed by atoms with Crippen LogP contribution in [-0.2, 0) is 6.54 Å². The zero-order valence-corrected chi connectivity index (χ0v) is 13.8. The van der Waals surface area contributed by atoms with Crippen LogP contribution in [0, 0.1) is 6.92 Å². The van der Waals surface area contributed by atoms with Gasteiger partial charge in [0.05, 0.1) is 0 Å². The van der Waals surface area contributed by atoms with Crippen molar-refractivity contribution >= 4 is 23.2 Å². The van der Waals surface area contributed by atoms with Gasteiger partial charge in [0, 0.05) is 29.2 Å². The van der Waals surface area contributed by atoms with Gasteiger partial charge in [-0.25, -0.2) is 0 Å². The van der Waals surface area contributed by atoms with Gasteiger partial charge in [-0.15, -0.1) is 0 Å². The van der Waals surface area contributed by atoms with Gasteiger partial charge in [0.25, 0.3) is 0 Å². The number of hydrogen-bond acceptors (Lipinski definition) is 2. The zero-order valence-electron chi connectivity index (χ0n) is 12.3. The van der Waals surface area contributed by atoms with Gasteiger partial charge in [0.2, 0.25) is 0 Å². The van der Waals surface area contributed by atoms with Crippen LogP contribution < -0.4 is 5.73 Å². The first-order chi connectivity index (χ1) is 10.0. The van der Waals surface area contributed by atoms with Crippen LogP contribution >= 0.6 is 23.2 Å². The Labute approximate surface area is 136 Å². The van der Waals surface area contributed by atoms with E-state index >= 15 is 0 Å². The fourth-order valence-electron chi connectivity index (χ4n) is 2.42. The first-order valence-electron chi connectivity index (χ1n) is 6.92. The Bertz CT molecular complexity index is 613. The standard InChI is InChI=1S/C17H20Cl2N2/c1-12-6-7-14(9-16(12)19)17(10-20)21(2)11-13-4-3-5-15(18)8-13/h3-9,17H,10-11,20H2,1-2H3. The lowest BCUT2D eigenvalue weighted by Crippen LogP contribution is -2.30. The predicted molar refractivity (Wildman–Crippen MR) is 90.9 cm³/mol. The highest BCUT2D eigenvalue weighted by atomic mass is 35.5. The van der Waals surface area contributed by atoms with Gasteiger partial charge in [0.1, 0.15) is 0 Å². The highest BCUT2D eigenvalue weighted by Gasteiger charge is 2.16. The number of hydrogen-bond donors (Lipinski definition) is 1. The average Bonchev–Trinajstić information content (AvgIpc) is 2.43. The molecule has 0 saturated carbocycles. The second kappa shape index (κ2) is 7.28. The quantitative estimate of drug-likeness (QED) is 0.882. The van der Waals surface area contributed by atoms with Crippen molar-refractivity contribution < 1.29 is 0 Å². The third-order valence-corrected chi connectivity index (χ3v) is 4.30. The fourth-order valence-corrected chi connectivity index (χ4v) is 2.82. The summed E-state index contributed by atoms with van der Waals surface area (Å²) in [6.45, 7) is 3.32. The molecule has 1 atom stereocenters. The number of nitrogens with zero attached hydrogens (tertiary/aromatic N) is 1. The maximum atomic E-state index is 6.22. The molecule has 21 heavy (non-hydrogen) atoms. The highest BCUT2D eigenvalue weighted by Crippen LogP contribution is 2.25. The Morgan fingerprint density at radius 3 is 2.52 bits per heavy atom. The lowest BCUT2D eigenvalue weighted by Gasteiger charge is -2.28. The van der Waals surface area contributed by atoms with Gasteiger partial charge in [-0.2, -0.15) is 0 Å². The maximum absolute atomic E-state index is 6.22. The van der Waals surface area contributed by atoms with Crippen LogP contribution in [0.2, 0.25) is 10.0 Å². The Kier molecular flexibility index (Phi) is 5.65. The first kappa shape index (κ1) is 16.3. The van der Waals surface area contributed by atoms with Crippen LogP contribution in [0.3, 0.4) is 0 Å². The van der Waals surface area contributed by atoms with Crippen LogP contribution in [-0.4, -0.2) is 18.5 Å². The molecular weight excluding hydrogens is 303 g/mol. The van der Waals surface area contributed by atoms with E-state index in [0.717, 1.165) is 27.7 Å². The number of halogens is 2. The minimum absolute atomic E-state index is 0.127. The predicted octanol–water partition coefficient (Wildman–Crippen LogP) is 4.43. The molecule has 2 nitrogen and oxygen atoms in total. The summed E-state index contributed by atoms with van der Waals surface area (Å²) < 4.78 is 0. The molecule has 0 aliphatic rings. The van der Waals surface area contributed by atoms with Crippen LogP contribution in [0.1, 0.15) is 22.7 Å². The smallest absolute Gasteiger partial charge is 0.0471 e. The molecule has 0 radical (unpaired) electrons. The molecule has 0 fully saturated rings. The normalized spacial score (nSPS) is 12.7. The van der Waals surface area contributed by atoms with Crippen molar-refractivity contribution in [3.8, 4) is 0 Å². The lowest BCUT2D eigenvalue weighted by molar-refractivity contribution is 0.242. The molecule has 0 aliphatic carbocycles. The largest absolute Gasteiger partial charge is 0.329 e. The van der Waals surface area contributed by atoms with E-state index in [1.54, 1.807) is 0 Å². The van der Waals surface area contributed by atoms with E-state index in [-0.39, 0.29) is 6.04 Å². The van der Waals surface area contributed by atoms with Gasteiger partial charge < -0.3 is 5.73 Å².